The molecule has 1 aromatic heterocycles. The molecule has 22 heavy (non-hydrogen) atoms. The molecule has 8 heteroatoms. The number of hydrogen-bond donors (Lipinski definition) is 1. The average molecular weight is 340 g/mol. The smallest absolute Gasteiger partial charge is 0.276 e. The Balaban J connectivity index is 1.91. The molecule has 0 unspecified atom stereocenters. The summed E-state index contributed by atoms with van der Waals surface area (Å²) in [4.78, 5) is 16.4. The Labute approximate surface area is 133 Å². The average Bonchev–Trinajstić information content (AvgIpc) is 2.78. The number of hydrogen-bond acceptors (Lipinski definition) is 6. The number of aromatic nitrogens is 1. The second-order valence-corrected chi connectivity index (χ2v) is 7.60. The molecule has 1 heterocycles. The van der Waals surface area contributed by atoms with E-state index < -0.39 is 15.9 Å². The second-order valence-electron chi connectivity index (χ2n) is 4.56. The first-order valence-corrected chi connectivity index (χ1v) is 9.01. The van der Waals surface area contributed by atoms with Crippen molar-refractivity contribution in [3.63, 3.8) is 0 Å². The zero-order chi connectivity index (χ0) is 16.2. The monoisotopic (exact) mass is 340 g/mol. The van der Waals surface area contributed by atoms with Gasteiger partial charge in [0.25, 0.3) is 5.91 Å². The summed E-state index contributed by atoms with van der Waals surface area (Å²) in [6.45, 7) is 3.40. The molecule has 1 aromatic carbocycles. The number of nitrogens with one attached hydrogen (secondary N) is 1. The van der Waals surface area contributed by atoms with E-state index in [-0.39, 0.29) is 12.4 Å². The molecule has 0 spiro atoms. The number of ether oxygens (including phenoxy) is 1. The number of thiazole rings is 1. The Morgan fingerprint density at radius 3 is 2.55 bits per heavy atom. The number of sulfonamides is 1. The Kier molecular flexibility index (Phi) is 5.15. The first-order chi connectivity index (χ1) is 10.4. The van der Waals surface area contributed by atoms with E-state index in [1.165, 1.54) is 11.3 Å². The molecule has 0 atom stereocenters. The summed E-state index contributed by atoms with van der Waals surface area (Å²) < 4.78 is 31.1. The molecule has 0 bridgehead atoms. The van der Waals surface area contributed by atoms with Gasteiger partial charge in [-0.2, -0.15) is 0 Å². The first-order valence-electron chi connectivity index (χ1n) is 6.54. The molecule has 0 saturated carbocycles. The summed E-state index contributed by atoms with van der Waals surface area (Å²) in [7, 11) is -3.75. The summed E-state index contributed by atoms with van der Waals surface area (Å²) in [6.07, 6.45) is 0. The van der Waals surface area contributed by atoms with Crippen molar-refractivity contribution in [3.8, 4) is 5.75 Å². The molecule has 0 fully saturated rings. The molecule has 118 valence electrons. The van der Waals surface area contributed by atoms with Gasteiger partial charge in [-0.3, -0.25) is 4.79 Å². The van der Waals surface area contributed by atoms with Gasteiger partial charge in [-0.05, 0) is 26.0 Å². The summed E-state index contributed by atoms with van der Waals surface area (Å²) in [6, 6.07) is 8.88. The van der Waals surface area contributed by atoms with E-state index in [0.29, 0.717) is 21.3 Å². The van der Waals surface area contributed by atoms with E-state index in [2.05, 4.69) is 4.98 Å². The predicted octanol–water partition coefficient (Wildman–Crippen LogP) is 1.90. The third-order valence-corrected chi connectivity index (χ3v) is 4.99. The van der Waals surface area contributed by atoms with E-state index >= 15 is 0 Å². The number of rotatable bonds is 6. The lowest BCUT2D eigenvalue weighted by atomic mass is 10.3. The molecule has 0 aliphatic rings. The molecule has 0 aliphatic heterocycles. The molecular formula is C14H16N2O4S2. The van der Waals surface area contributed by atoms with Crippen LogP contribution in [0.4, 0.5) is 0 Å². The molecule has 0 aliphatic carbocycles. The predicted molar refractivity (Wildman–Crippen MR) is 84.8 cm³/mol. The summed E-state index contributed by atoms with van der Waals surface area (Å²) in [5.41, 5.74) is 0.524. The zero-order valence-electron chi connectivity index (χ0n) is 12.2. The van der Waals surface area contributed by atoms with Crippen molar-refractivity contribution in [2.24, 2.45) is 0 Å². The number of para-hydroxylation sites is 1. The minimum absolute atomic E-state index is 0.0344. The van der Waals surface area contributed by atoms with Crippen LogP contribution in [-0.2, 0) is 10.0 Å². The quantitative estimate of drug-likeness (QED) is 0.868. The van der Waals surface area contributed by atoms with Crippen molar-refractivity contribution in [1.82, 2.24) is 9.71 Å². The number of aryl methyl sites for hydroxylation is 2. The second kappa shape index (κ2) is 6.89. The highest BCUT2D eigenvalue weighted by molar-refractivity contribution is 7.90. The van der Waals surface area contributed by atoms with Crippen LogP contribution in [0, 0.1) is 13.8 Å². The van der Waals surface area contributed by atoms with Crippen LogP contribution in [0.1, 0.15) is 20.4 Å². The van der Waals surface area contributed by atoms with Gasteiger partial charge in [0, 0.05) is 0 Å². The van der Waals surface area contributed by atoms with Gasteiger partial charge in [-0.1, -0.05) is 18.2 Å². The van der Waals surface area contributed by atoms with Gasteiger partial charge in [0.15, 0.2) is 0 Å². The van der Waals surface area contributed by atoms with Gasteiger partial charge in [0.2, 0.25) is 10.0 Å². The van der Waals surface area contributed by atoms with E-state index in [0.717, 1.165) is 0 Å². The van der Waals surface area contributed by atoms with Crippen LogP contribution in [0.15, 0.2) is 30.3 Å². The zero-order valence-corrected chi connectivity index (χ0v) is 13.8. The van der Waals surface area contributed by atoms with Crippen LogP contribution in [0.5, 0.6) is 5.75 Å². The number of nitrogens with zero attached hydrogens (tertiary/aromatic N) is 1. The molecule has 2 aromatic rings. The van der Waals surface area contributed by atoms with Gasteiger partial charge in [0.05, 0.1) is 10.7 Å². The maximum Gasteiger partial charge on any atom is 0.276 e. The van der Waals surface area contributed by atoms with Gasteiger partial charge in [0.1, 0.15) is 23.0 Å². The number of benzene rings is 1. The van der Waals surface area contributed by atoms with E-state index in [1.807, 2.05) is 10.8 Å². The minimum atomic E-state index is -3.75. The van der Waals surface area contributed by atoms with Gasteiger partial charge >= 0.3 is 0 Å². The standard InChI is InChI=1S/C14H16N2O4S2/c1-10-13(21-11(2)15-10)14(17)16-22(18,19)9-8-20-12-6-4-3-5-7-12/h3-7H,8-9H2,1-2H3,(H,16,17). The highest BCUT2D eigenvalue weighted by Crippen LogP contribution is 2.17. The third-order valence-electron chi connectivity index (χ3n) is 2.72. The Hall–Kier alpha value is -1.93. The molecule has 1 N–H and O–H groups in total. The van der Waals surface area contributed by atoms with Crippen molar-refractivity contribution in [2.45, 2.75) is 13.8 Å². The Morgan fingerprint density at radius 2 is 1.95 bits per heavy atom. The van der Waals surface area contributed by atoms with Crippen molar-refractivity contribution >= 4 is 27.3 Å². The fourth-order valence-corrected chi connectivity index (χ4v) is 3.44. The first kappa shape index (κ1) is 16.4. The summed E-state index contributed by atoms with van der Waals surface area (Å²) >= 11 is 1.17. The highest BCUT2D eigenvalue weighted by Gasteiger charge is 2.20. The molecule has 2 rings (SSSR count). The SMILES string of the molecule is Cc1nc(C)c(C(=O)NS(=O)(=O)CCOc2ccccc2)s1. The van der Waals surface area contributed by atoms with Gasteiger partial charge in [-0.15, -0.1) is 11.3 Å². The molecule has 6 nitrogen and oxygen atoms in total. The van der Waals surface area contributed by atoms with Crippen LogP contribution < -0.4 is 9.46 Å². The number of carbonyl (C=O) groups excluding carboxylic acids is 1. The number of amides is 1. The fourth-order valence-electron chi connectivity index (χ4n) is 1.77. The Bertz CT molecular complexity index is 754. The topological polar surface area (TPSA) is 85.4 Å². The van der Waals surface area contributed by atoms with Crippen molar-refractivity contribution < 1.29 is 17.9 Å². The summed E-state index contributed by atoms with van der Waals surface area (Å²) in [5, 5.41) is 0.715. The van der Waals surface area contributed by atoms with Gasteiger partial charge < -0.3 is 4.74 Å². The van der Waals surface area contributed by atoms with Crippen LogP contribution >= 0.6 is 11.3 Å². The van der Waals surface area contributed by atoms with Crippen molar-refractivity contribution in [3.05, 3.63) is 45.9 Å². The van der Waals surface area contributed by atoms with Crippen LogP contribution in [0.25, 0.3) is 0 Å². The van der Waals surface area contributed by atoms with Crippen molar-refractivity contribution in [2.75, 3.05) is 12.4 Å². The largest absolute Gasteiger partial charge is 0.492 e. The summed E-state index contributed by atoms with van der Waals surface area (Å²) in [5.74, 6) is -0.370. The van der Waals surface area contributed by atoms with E-state index in [1.54, 1.807) is 38.1 Å². The lowest BCUT2D eigenvalue weighted by Crippen LogP contribution is -2.34. The maximum absolute atomic E-state index is 12.0. The minimum Gasteiger partial charge on any atom is -0.492 e. The maximum atomic E-state index is 12.0. The Morgan fingerprint density at radius 1 is 1.27 bits per heavy atom. The fraction of sp³-hybridized carbons (Fsp3) is 0.286. The van der Waals surface area contributed by atoms with Crippen molar-refractivity contribution in [1.29, 1.82) is 0 Å². The lowest BCUT2D eigenvalue weighted by molar-refractivity contribution is 0.0984. The van der Waals surface area contributed by atoms with E-state index in [4.69, 9.17) is 4.74 Å². The molecule has 0 radical (unpaired) electrons. The molecule has 1 amide bonds. The molecular weight excluding hydrogens is 324 g/mol. The van der Waals surface area contributed by atoms with E-state index in [9.17, 15) is 13.2 Å². The van der Waals surface area contributed by atoms with Gasteiger partial charge in [-0.25, -0.2) is 18.1 Å². The highest BCUT2D eigenvalue weighted by atomic mass is 32.2. The normalized spacial score (nSPS) is 11.2. The van der Waals surface area contributed by atoms with Crippen LogP contribution in [0.3, 0.4) is 0 Å². The third kappa shape index (κ3) is 4.54. The lowest BCUT2D eigenvalue weighted by Gasteiger charge is -2.08. The van der Waals surface area contributed by atoms with Crippen LogP contribution in [0.2, 0.25) is 0 Å². The molecule has 0 saturated heterocycles. The van der Waals surface area contributed by atoms with Crippen LogP contribution in [-0.4, -0.2) is 31.7 Å². The number of carbonyl (C=O) groups is 1.